The van der Waals surface area contributed by atoms with E-state index in [1.165, 1.54) is 0 Å². The number of aromatic nitrogens is 3. The maximum atomic E-state index is 14.2. The summed E-state index contributed by atoms with van der Waals surface area (Å²) in [7, 11) is 0. The first-order chi connectivity index (χ1) is 13.9. The SMILES string of the molecule is Cc1noc(C)c1-c1cnc2c(C#CCO)cn(CC3CCC(C)(F)CC3)c2c1. The number of halogens is 1. The van der Waals surface area contributed by atoms with Crippen molar-refractivity contribution in [2.45, 2.75) is 58.7 Å². The van der Waals surface area contributed by atoms with Gasteiger partial charge >= 0.3 is 0 Å². The molecule has 0 atom stereocenters. The summed E-state index contributed by atoms with van der Waals surface area (Å²) in [4.78, 5) is 4.67. The fraction of sp³-hybridized carbons (Fsp3) is 0.478. The van der Waals surface area contributed by atoms with Crippen LogP contribution in [0.5, 0.6) is 0 Å². The molecule has 3 heterocycles. The Balaban J connectivity index is 1.74. The summed E-state index contributed by atoms with van der Waals surface area (Å²) >= 11 is 0. The third-order valence-electron chi connectivity index (χ3n) is 5.94. The second-order valence-corrected chi connectivity index (χ2v) is 8.30. The molecule has 5 nitrogen and oxygen atoms in total. The van der Waals surface area contributed by atoms with Crippen molar-refractivity contribution < 1.29 is 14.0 Å². The van der Waals surface area contributed by atoms with E-state index in [0.717, 1.165) is 58.6 Å². The van der Waals surface area contributed by atoms with Crippen molar-refractivity contribution in [3.63, 3.8) is 0 Å². The topological polar surface area (TPSA) is 64.1 Å². The first-order valence-electron chi connectivity index (χ1n) is 10.1. The van der Waals surface area contributed by atoms with Gasteiger partial charge in [0, 0.05) is 30.1 Å². The van der Waals surface area contributed by atoms with Crippen molar-refractivity contribution in [1.29, 1.82) is 0 Å². The average molecular weight is 395 g/mol. The van der Waals surface area contributed by atoms with E-state index in [0.29, 0.717) is 18.8 Å². The molecule has 0 aliphatic heterocycles. The van der Waals surface area contributed by atoms with E-state index in [-0.39, 0.29) is 6.61 Å². The molecule has 29 heavy (non-hydrogen) atoms. The van der Waals surface area contributed by atoms with E-state index in [4.69, 9.17) is 9.63 Å². The zero-order valence-electron chi connectivity index (χ0n) is 17.1. The lowest BCUT2D eigenvalue weighted by Gasteiger charge is -2.31. The maximum absolute atomic E-state index is 14.2. The van der Waals surface area contributed by atoms with Crippen LogP contribution in [0, 0.1) is 31.6 Å². The van der Waals surface area contributed by atoms with Crippen LogP contribution < -0.4 is 0 Å². The van der Waals surface area contributed by atoms with Crippen molar-refractivity contribution in [1.82, 2.24) is 14.7 Å². The first-order valence-corrected chi connectivity index (χ1v) is 10.1. The third kappa shape index (κ3) is 3.92. The Morgan fingerprint density at radius 2 is 2.10 bits per heavy atom. The van der Waals surface area contributed by atoms with Crippen molar-refractivity contribution in [3.8, 4) is 23.0 Å². The summed E-state index contributed by atoms with van der Waals surface area (Å²) in [6.07, 6.45) is 6.79. The molecule has 1 saturated carbocycles. The molecule has 0 spiro atoms. The minimum Gasteiger partial charge on any atom is -0.384 e. The maximum Gasteiger partial charge on any atom is 0.141 e. The lowest BCUT2D eigenvalue weighted by molar-refractivity contribution is 0.0985. The Hall–Kier alpha value is -2.65. The predicted octanol–water partition coefficient (Wildman–Crippen LogP) is 4.57. The van der Waals surface area contributed by atoms with Gasteiger partial charge in [-0.15, -0.1) is 0 Å². The zero-order valence-corrected chi connectivity index (χ0v) is 17.1. The van der Waals surface area contributed by atoms with Gasteiger partial charge in [-0.25, -0.2) is 4.39 Å². The van der Waals surface area contributed by atoms with E-state index in [9.17, 15) is 4.39 Å². The van der Waals surface area contributed by atoms with Gasteiger partial charge in [-0.3, -0.25) is 4.98 Å². The van der Waals surface area contributed by atoms with Gasteiger partial charge in [0.1, 0.15) is 23.6 Å². The van der Waals surface area contributed by atoms with Crippen LogP contribution in [0.15, 0.2) is 23.0 Å². The van der Waals surface area contributed by atoms with Crippen LogP contribution in [0.4, 0.5) is 4.39 Å². The smallest absolute Gasteiger partial charge is 0.141 e. The Kier molecular flexibility index (Phi) is 5.18. The monoisotopic (exact) mass is 395 g/mol. The predicted molar refractivity (Wildman–Crippen MR) is 110 cm³/mol. The minimum absolute atomic E-state index is 0.193. The highest BCUT2D eigenvalue weighted by Gasteiger charge is 2.31. The highest BCUT2D eigenvalue weighted by Crippen LogP contribution is 2.36. The number of alkyl halides is 1. The van der Waals surface area contributed by atoms with Crippen LogP contribution in [-0.4, -0.2) is 32.1 Å². The Labute approximate surface area is 169 Å². The van der Waals surface area contributed by atoms with E-state index >= 15 is 0 Å². The summed E-state index contributed by atoms with van der Waals surface area (Å²) in [5.74, 6) is 6.92. The molecule has 4 rings (SSSR count). The minimum atomic E-state index is -1.04. The normalized spacial score (nSPS) is 21.9. The summed E-state index contributed by atoms with van der Waals surface area (Å²) < 4.78 is 21.7. The number of hydrogen-bond donors (Lipinski definition) is 1. The van der Waals surface area contributed by atoms with Crippen LogP contribution in [-0.2, 0) is 6.54 Å². The molecule has 3 aromatic rings. The number of aliphatic hydroxyl groups excluding tert-OH is 1. The van der Waals surface area contributed by atoms with E-state index < -0.39 is 5.67 Å². The summed E-state index contributed by atoms with van der Waals surface area (Å²) in [6.45, 7) is 6.13. The van der Waals surface area contributed by atoms with Crippen LogP contribution in [0.1, 0.15) is 49.6 Å². The van der Waals surface area contributed by atoms with Crippen LogP contribution in [0.3, 0.4) is 0 Å². The van der Waals surface area contributed by atoms with Crippen molar-refractivity contribution in [2.75, 3.05) is 6.61 Å². The Bertz CT molecular complexity index is 1070. The molecule has 152 valence electrons. The summed E-state index contributed by atoms with van der Waals surface area (Å²) in [5, 5.41) is 13.1. The molecule has 0 saturated heterocycles. The van der Waals surface area contributed by atoms with Gasteiger partial charge in [-0.1, -0.05) is 17.0 Å². The van der Waals surface area contributed by atoms with Gasteiger partial charge in [-0.2, -0.15) is 0 Å². The summed E-state index contributed by atoms with van der Waals surface area (Å²) in [5.41, 5.74) is 4.30. The highest BCUT2D eigenvalue weighted by molar-refractivity contribution is 5.87. The molecule has 0 bridgehead atoms. The third-order valence-corrected chi connectivity index (χ3v) is 5.94. The molecule has 0 unspecified atom stereocenters. The van der Waals surface area contributed by atoms with E-state index in [1.807, 2.05) is 26.2 Å². The number of hydrogen-bond acceptors (Lipinski definition) is 4. The Morgan fingerprint density at radius 3 is 2.76 bits per heavy atom. The summed E-state index contributed by atoms with van der Waals surface area (Å²) in [6, 6.07) is 2.10. The molecule has 0 aromatic carbocycles. The molecule has 3 aromatic heterocycles. The lowest BCUT2D eigenvalue weighted by Crippen LogP contribution is -2.27. The van der Waals surface area contributed by atoms with E-state index in [2.05, 4.69) is 32.6 Å². The van der Waals surface area contributed by atoms with Gasteiger partial charge in [0.2, 0.25) is 0 Å². The van der Waals surface area contributed by atoms with Gasteiger partial charge in [0.05, 0.1) is 16.8 Å². The molecule has 1 N–H and O–H groups in total. The average Bonchev–Trinajstić information content (AvgIpc) is 3.21. The second-order valence-electron chi connectivity index (χ2n) is 8.30. The van der Waals surface area contributed by atoms with Crippen LogP contribution >= 0.6 is 0 Å². The van der Waals surface area contributed by atoms with Gasteiger partial charge in [-0.05, 0) is 58.4 Å². The van der Waals surface area contributed by atoms with E-state index in [1.54, 1.807) is 6.92 Å². The number of pyridine rings is 1. The first kappa shape index (κ1) is 19.7. The number of aryl methyl sites for hydroxylation is 2. The Morgan fingerprint density at radius 1 is 1.34 bits per heavy atom. The molecule has 0 radical (unpaired) electrons. The van der Waals surface area contributed by atoms with Gasteiger partial charge in [0.15, 0.2) is 0 Å². The molecule has 6 heteroatoms. The highest BCUT2D eigenvalue weighted by atomic mass is 19.1. The van der Waals surface area contributed by atoms with Crippen LogP contribution in [0.25, 0.3) is 22.2 Å². The van der Waals surface area contributed by atoms with Crippen molar-refractivity contribution in [2.24, 2.45) is 5.92 Å². The molecular formula is C23H26FN3O2. The number of rotatable bonds is 3. The molecule has 1 fully saturated rings. The number of aliphatic hydroxyl groups is 1. The molecule has 1 aliphatic carbocycles. The van der Waals surface area contributed by atoms with Crippen molar-refractivity contribution in [3.05, 3.63) is 35.5 Å². The number of fused-ring (bicyclic) bond motifs is 1. The fourth-order valence-corrected chi connectivity index (χ4v) is 4.32. The standard InChI is InChI=1S/C23H26FN3O2/c1-15-21(16(2)29-26-15)19-11-20-22(25-12-19)18(5-4-10-28)14-27(20)13-17-6-8-23(3,24)9-7-17/h11-12,14,17,28H,6-10,13H2,1-3H3. The quantitative estimate of drug-likeness (QED) is 0.660. The molecular weight excluding hydrogens is 369 g/mol. The van der Waals surface area contributed by atoms with Gasteiger partial charge in [0.25, 0.3) is 0 Å². The van der Waals surface area contributed by atoms with Gasteiger partial charge < -0.3 is 14.2 Å². The molecule has 0 amide bonds. The second kappa shape index (κ2) is 7.64. The lowest BCUT2D eigenvalue weighted by atomic mass is 9.81. The van der Waals surface area contributed by atoms with Crippen LogP contribution in [0.2, 0.25) is 0 Å². The number of nitrogens with zero attached hydrogens (tertiary/aromatic N) is 3. The largest absolute Gasteiger partial charge is 0.384 e. The van der Waals surface area contributed by atoms with Crippen molar-refractivity contribution >= 4 is 11.0 Å². The zero-order chi connectivity index (χ0) is 20.6. The fourth-order valence-electron chi connectivity index (χ4n) is 4.32. The molecule has 1 aliphatic rings.